The van der Waals surface area contributed by atoms with E-state index in [1.807, 2.05) is 6.92 Å². The molecule has 0 aliphatic heterocycles. The third kappa shape index (κ3) is 3.68. The summed E-state index contributed by atoms with van der Waals surface area (Å²) in [6, 6.07) is 10.0. The first-order valence-corrected chi connectivity index (χ1v) is 10.2. The van der Waals surface area contributed by atoms with Gasteiger partial charge in [-0.25, -0.2) is 8.42 Å². The van der Waals surface area contributed by atoms with E-state index in [0.29, 0.717) is 9.39 Å². The van der Waals surface area contributed by atoms with Crippen molar-refractivity contribution in [3.05, 3.63) is 53.6 Å². The molecular formula is C14H14Cl2N2O4S2. The fourth-order valence-electron chi connectivity index (χ4n) is 1.92. The zero-order chi connectivity index (χ0) is 18.1. The summed E-state index contributed by atoms with van der Waals surface area (Å²) in [7, 11) is -8.00. The number of hydrogen-bond acceptors (Lipinski definition) is 4. The van der Waals surface area contributed by atoms with E-state index >= 15 is 0 Å². The lowest BCUT2D eigenvalue weighted by Crippen LogP contribution is -2.23. The summed E-state index contributed by atoms with van der Waals surface area (Å²) in [6.07, 6.45) is 0. The Morgan fingerprint density at radius 1 is 0.917 bits per heavy atom. The second-order valence-electron chi connectivity index (χ2n) is 5.06. The van der Waals surface area contributed by atoms with Gasteiger partial charge in [0, 0.05) is 11.8 Å². The van der Waals surface area contributed by atoms with Crippen LogP contribution < -0.4 is 8.07 Å². The van der Waals surface area contributed by atoms with E-state index in [1.165, 1.54) is 24.3 Å². The van der Waals surface area contributed by atoms with Gasteiger partial charge in [0.1, 0.15) is 0 Å². The third-order valence-corrected chi connectivity index (χ3v) is 7.21. The van der Waals surface area contributed by atoms with Crippen molar-refractivity contribution >= 4 is 49.3 Å². The summed E-state index contributed by atoms with van der Waals surface area (Å²) in [4.78, 5) is -0.214. The smallest absolute Gasteiger partial charge is 0.206 e. The molecule has 0 radical (unpaired) electrons. The minimum atomic E-state index is -4.05. The van der Waals surface area contributed by atoms with Gasteiger partial charge >= 0.3 is 0 Å². The van der Waals surface area contributed by atoms with Crippen molar-refractivity contribution in [2.75, 3.05) is 3.82 Å². The van der Waals surface area contributed by atoms with Crippen LogP contribution in [0.1, 0.15) is 11.1 Å². The van der Waals surface area contributed by atoms with E-state index in [9.17, 15) is 16.8 Å². The maximum atomic E-state index is 12.6. The van der Waals surface area contributed by atoms with Crippen molar-refractivity contribution in [2.45, 2.75) is 23.6 Å². The molecule has 6 nitrogen and oxygen atoms in total. The van der Waals surface area contributed by atoms with Gasteiger partial charge in [-0.05, 0) is 55.5 Å². The van der Waals surface area contributed by atoms with Crippen LogP contribution in [-0.2, 0) is 20.0 Å². The Kier molecular flexibility index (Phi) is 5.46. The Hall–Kier alpha value is -1.32. The molecule has 0 saturated heterocycles. The second kappa shape index (κ2) is 6.89. The van der Waals surface area contributed by atoms with Crippen molar-refractivity contribution in [1.29, 1.82) is 0 Å². The van der Waals surface area contributed by atoms with E-state index < -0.39 is 20.0 Å². The first-order valence-electron chi connectivity index (χ1n) is 6.60. The summed E-state index contributed by atoms with van der Waals surface area (Å²) in [5.41, 5.74) is 1.40. The quantitative estimate of drug-likeness (QED) is 0.770. The Balaban J connectivity index is 2.55. The molecule has 0 spiro atoms. The molecule has 2 aromatic carbocycles. The largest absolute Gasteiger partial charge is 0.278 e. The summed E-state index contributed by atoms with van der Waals surface area (Å²) in [6.45, 7) is 3.44. The summed E-state index contributed by atoms with van der Waals surface area (Å²) < 4.78 is 51.0. The summed E-state index contributed by atoms with van der Waals surface area (Å²) in [5.74, 6) is 0. The van der Waals surface area contributed by atoms with E-state index in [2.05, 4.69) is 0 Å². The molecule has 1 N–H and O–H groups in total. The van der Waals surface area contributed by atoms with Gasteiger partial charge in [-0.3, -0.25) is 0 Å². The normalized spacial score (nSPS) is 12.2. The average molecular weight is 409 g/mol. The zero-order valence-corrected chi connectivity index (χ0v) is 15.8. The molecule has 130 valence electrons. The van der Waals surface area contributed by atoms with Gasteiger partial charge in [-0.15, -0.1) is 4.24 Å². The molecule has 0 unspecified atom stereocenters. The van der Waals surface area contributed by atoms with Crippen LogP contribution in [0.3, 0.4) is 0 Å². The highest BCUT2D eigenvalue weighted by atomic mass is 35.5. The molecule has 2 aromatic rings. The van der Waals surface area contributed by atoms with E-state index in [4.69, 9.17) is 23.6 Å². The number of rotatable bonds is 5. The van der Waals surface area contributed by atoms with Gasteiger partial charge in [0.15, 0.2) is 0 Å². The molecule has 24 heavy (non-hydrogen) atoms. The molecule has 0 aliphatic carbocycles. The Morgan fingerprint density at radius 3 is 2.00 bits per heavy atom. The van der Waals surface area contributed by atoms with Gasteiger partial charge < -0.3 is 0 Å². The highest BCUT2D eigenvalue weighted by molar-refractivity contribution is 7.94. The minimum absolute atomic E-state index is 0.00812. The maximum absolute atomic E-state index is 12.6. The first-order chi connectivity index (χ1) is 11.1. The third-order valence-electron chi connectivity index (χ3n) is 3.31. The molecule has 10 heteroatoms. The summed E-state index contributed by atoms with van der Waals surface area (Å²) in [5, 5.41) is 0. The van der Waals surface area contributed by atoms with Crippen LogP contribution in [0.15, 0.2) is 52.3 Å². The Labute approximate surface area is 151 Å². The fraction of sp³-hybridized carbons (Fsp3) is 0.143. The highest BCUT2D eigenvalue weighted by Gasteiger charge is 2.26. The minimum Gasteiger partial charge on any atom is -0.206 e. The van der Waals surface area contributed by atoms with Crippen LogP contribution in [-0.4, -0.2) is 16.8 Å². The molecule has 0 bridgehead atoms. The number of nitrogens with zero attached hydrogens (tertiary/aromatic N) is 1. The predicted octanol–water partition coefficient (Wildman–Crippen LogP) is 3.08. The highest BCUT2D eigenvalue weighted by Crippen LogP contribution is 2.31. The molecular weight excluding hydrogens is 395 g/mol. The van der Waals surface area contributed by atoms with Crippen LogP contribution in [0.2, 0.25) is 0 Å². The Morgan fingerprint density at radius 2 is 1.46 bits per heavy atom. The lowest BCUT2D eigenvalue weighted by Gasteiger charge is -2.19. The molecule has 0 heterocycles. The number of aryl methyl sites for hydroxylation is 2. The molecule has 0 fully saturated rings. The molecule has 0 aliphatic rings. The molecule has 2 rings (SSSR count). The number of sulfonamides is 2. The number of anilines is 1. The molecule has 0 amide bonds. The van der Waals surface area contributed by atoms with Crippen LogP contribution in [0.25, 0.3) is 0 Å². The topological polar surface area (TPSA) is 83.6 Å². The number of halogens is 2. The van der Waals surface area contributed by atoms with E-state index in [1.54, 1.807) is 23.3 Å². The summed E-state index contributed by atoms with van der Waals surface area (Å²) >= 11 is 11.2. The predicted molar refractivity (Wildman–Crippen MR) is 94.1 cm³/mol. The van der Waals surface area contributed by atoms with Crippen LogP contribution in [0.4, 0.5) is 5.69 Å². The maximum Gasteiger partial charge on any atom is 0.278 e. The SMILES string of the molecule is Cc1ccc(S(=O)(=O)N(Cl)c2cc(S(=O)(=O)NCl)ccc2C)cc1. The second-order valence-corrected chi connectivity index (χ2v) is 9.48. The number of hydrogen-bond donors (Lipinski definition) is 1. The van der Waals surface area contributed by atoms with Gasteiger partial charge in [0.25, 0.3) is 20.0 Å². The van der Waals surface area contributed by atoms with Gasteiger partial charge in [-0.1, -0.05) is 23.8 Å². The fourth-order valence-corrected chi connectivity index (χ4v) is 4.33. The van der Waals surface area contributed by atoms with Crippen LogP contribution in [0, 0.1) is 13.8 Å². The lowest BCUT2D eigenvalue weighted by molar-refractivity contribution is 0.592. The number of benzene rings is 2. The van der Waals surface area contributed by atoms with Crippen LogP contribution in [0.5, 0.6) is 0 Å². The van der Waals surface area contributed by atoms with Crippen molar-refractivity contribution in [3.63, 3.8) is 0 Å². The monoisotopic (exact) mass is 408 g/mol. The van der Waals surface area contributed by atoms with E-state index in [-0.39, 0.29) is 15.5 Å². The molecule has 0 saturated carbocycles. The lowest BCUT2D eigenvalue weighted by atomic mass is 10.2. The van der Waals surface area contributed by atoms with Crippen molar-refractivity contribution in [1.82, 2.24) is 4.24 Å². The van der Waals surface area contributed by atoms with Gasteiger partial charge in [0.2, 0.25) is 0 Å². The van der Waals surface area contributed by atoms with Gasteiger partial charge in [-0.2, -0.15) is 12.2 Å². The van der Waals surface area contributed by atoms with Gasteiger partial charge in [0.05, 0.1) is 15.5 Å². The van der Waals surface area contributed by atoms with Crippen molar-refractivity contribution in [3.8, 4) is 0 Å². The molecule has 0 atom stereocenters. The Bertz CT molecular complexity index is 959. The van der Waals surface area contributed by atoms with Crippen LogP contribution >= 0.6 is 23.6 Å². The zero-order valence-electron chi connectivity index (χ0n) is 12.7. The molecule has 0 aromatic heterocycles. The van der Waals surface area contributed by atoms with Crippen molar-refractivity contribution < 1.29 is 16.8 Å². The first kappa shape index (κ1) is 19.0. The average Bonchev–Trinajstić information content (AvgIpc) is 2.54. The number of nitrogens with one attached hydrogen (secondary N) is 1. The standard InChI is InChI=1S/C14H14Cl2N2O4S2/c1-10-3-6-12(7-4-10)24(21,22)18(16)14-9-13(8-5-11(14)2)23(19,20)17-15/h3-9,17H,1-2H3. The van der Waals surface area contributed by atoms with E-state index in [0.717, 1.165) is 11.6 Å². The van der Waals surface area contributed by atoms with Crippen molar-refractivity contribution in [2.24, 2.45) is 0 Å².